The van der Waals surface area contributed by atoms with E-state index in [1.807, 2.05) is 25.3 Å². The summed E-state index contributed by atoms with van der Waals surface area (Å²) >= 11 is 1.58. The van der Waals surface area contributed by atoms with Crippen molar-refractivity contribution in [3.8, 4) is 11.5 Å². The molecule has 0 aromatic heterocycles. The summed E-state index contributed by atoms with van der Waals surface area (Å²) in [7, 11) is 3.29. The zero-order chi connectivity index (χ0) is 12.8. The first-order valence-electron chi connectivity index (χ1n) is 5.42. The number of aldehydes is 1. The van der Waals surface area contributed by atoms with Crippen molar-refractivity contribution in [3.05, 3.63) is 17.7 Å². The number of ether oxygens (including phenoxy) is 2. The highest BCUT2D eigenvalue weighted by Crippen LogP contribution is 2.42. The summed E-state index contributed by atoms with van der Waals surface area (Å²) in [5.74, 6) is 1.77. The molecule has 1 rings (SSSR count). The zero-order valence-corrected chi connectivity index (χ0v) is 11.5. The second-order valence-electron chi connectivity index (χ2n) is 3.73. The van der Waals surface area contributed by atoms with Gasteiger partial charge in [0, 0.05) is 6.42 Å². The van der Waals surface area contributed by atoms with Gasteiger partial charge in [0.2, 0.25) is 0 Å². The molecule has 3 nitrogen and oxygen atoms in total. The minimum absolute atomic E-state index is 0.152. The molecule has 1 aromatic carbocycles. The average Bonchev–Trinajstić information content (AvgIpc) is 2.36. The van der Waals surface area contributed by atoms with E-state index in [0.717, 1.165) is 28.2 Å². The van der Waals surface area contributed by atoms with Crippen LogP contribution in [0.15, 0.2) is 17.0 Å². The molecular formula is C13H18O3S. The Morgan fingerprint density at radius 1 is 1.35 bits per heavy atom. The minimum atomic E-state index is 0.152. The molecule has 0 fully saturated rings. The van der Waals surface area contributed by atoms with Crippen LogP contribution >= 0.6 is 11.8 Å². The number of rotatable bonds is 6. The van der Waals surface area contributed by atoms with Gasteiger partial charge in [0.05, 0.1) is 19.1 Å². The van der Waals surface area contributed by atoms with Crippen molar-refractivity contribution in [1.29, 1.82) is 0 Å². The third-order valence-corrected chi connectivity index (χ3v) is 3.51. The maximum Gasteiger partial charge on any atom is 0.139 e. The summed E-state index contributed by atoms with van der Waals surface area (Å²) in [4.78, 5) is 11.6. The minimum Gasteiger partial charge on any atom is -0.495 e. The molecule has 0 saturated carbocycles. The standard InChI is InChI=1S/C13H18O3S/c1-9(7-8-14)10-5-6-11(15-2)13(17-4)12(10)16-3/h5-6,8-9H,7H2,1-4H3. The maximum absolute atomic E-state index is 10.6. The SMILES string of the molecule is COc1ccc(C(C)CC=O)c(OC)c1SC. The van der Waals surface area contributed by atoms with Gasteiger partial charge in [0.25, 0.3) is 0 Å². The molecule has 0 aliphatic carbocycles. The van der Waals surface area contributed by atoms with Crippen LogP contribution in [-0.2, 0) is 4.79 Å². The van der Waals surface area contributed by atoms with Crippen molar-refractivity contribution < 1.29 is 14.3 Å². The van der Waals surface area contributed by atoms with Gasteiger partial charge in [-0.25, -0.2) is 0 Å². The Kier molecular flexibility index (Phi) is 5.35. The Hall–Kier alpha value is -1.16. The molecule has 0 saturated heterocycles. The number of benzene rings is 1. The lowest BCUT2D eigenvalue weighted by Crippen LogP contribution is -2.01. The monoisotopic (exact) mass is 254 g/mol. The fourth-order valence-electron chi connectivity index (χ4n) is 1.78. The van der Waals surface area contributed by atoms with Gasteiger partial charge < -0.3 is 14.3 Å². The van der Waals surface area contributed by atoms with Crippen LogP contribution in [-0.4, -0.2) is 26.8 Å². The summed E-state index contributed by atoms with van der Waals surface area (Å²) in [6.07, 6.45) is 3.41. The molecule has 0 spiro atoms. The topological polar surface area (TPSA) is 35.5 Å². The van der Waals surface area contributed by atoms with Crippen LogP contribution in [0.3, 0.4) is 0 Å². The first kappa shape index (κ1) is 13.9. The van der Waals surface area contributed by atoms with Gasteiger partial charge in [0.15, 0.2) is 0 Å². The Morgan fingerprint density at radius 2 is 2.06 bits per heavy atom. The van der Waals surface area contributed by atoms with Crippen molar-refractivity contribution in [2.75, 3.05) is 20.5 Å². The van der Waals surface area contributed by atoms with Crippen molar-refractivity contribution in [3.63, 3.8) is 0 Å². The van der Waals surface area contributed by atoms with Crippen LogP contribution in [0, 0.1) is 0 Å². The van der Waals surface area contributed by atoms with Gasteiger partial charge in [-0.1, -0.05) is 13.0 Å². The van der Waals surface area contributed by atoms with E-state index in [1.165, 1.54) is 0 Å². The molecule has 94 valence electrons. The van der Waals surface area contributed by atoms with E-state index < -0.39 is 0 Å². The van der Waals surface area contributed by atoms with Crippen molar-refractivity contribution in [1.82, 2.24) is 0 Å². The molecule has 0 N–H and O–H groups in total. The smallest absolute Gasteiger partial charge is 0.139 e. The Labute approximate surface area is 106 Å². The van der Waals surface area contributed by atoms with E-state index in [9.17, 15) is 4.79 Å². The number of hydrogen-bond donors (Lipinski definition) is 0. The average molecular weight is 254 g/mol. The molecule has 0 amide bonds. The van der Waals surface area contributed by atoms with E-state index in [1.54, 1.807) is 26.0 Å². The van der Waals surface area contributed by atoms with E-state index in [2.05, 4.69) is 0 Å². The second-order valence-corrected chi connectivity index (χ2v) is 4.54. The largest absolute Gasteiger partial charge is 0.495 e. The van der Waals surface area contributed by atoms with Crippen LogP contribution in [0.4, 0.5) is 0 Å². The normalized spacial score (nSPS) is 12.0. The molecule has 4 heteroatoms. The van der Waals surface area contributed by atoms with Gasteiger partial charge >= 0.3 is 0 Å². The highest BCUT2D eigenvalue weighted by Gasteiger charge is 2.18. The van der Waals surface area contributed by atoms with Gasteiger partial charge in [-0.3, -0.25) is 0 Å². The third-order valence-electron chi connectivity index (χ3n) is 2.72. The maximum atomic E-state index is 10.6. The lowest BCUT2D eigenvalue weighted by Gasteiger charge is -2.18. The van der Waals surface area contributed by atoms with Crippen LogP contribution in [0.25, 0.3) is 0 Å². The highest BCUT2D eigenvalue weighted by molar-refractivity contribution is 7.98. The van der Waals surface area contributed by atoms with Gasteiger partial charge in [-0.05, 0) is 23.8 Å². The first-order chi connectivity index (χ1) is 8.19. The van der Waals surface area contributed by atoms with E-state index in [-0.39, 0.29) is 5.92 Å². The predicted molar refractivity (Wildman–Crippen MR) is 70.4 cm³/mol. The summed E-state index contributed by atoms with van der Waals surface area (Å²) in [5, 5.41) is 0. The number of carbonyl (C=O) groups is 1. The lowest BCUT2D eigenvalue weighted by molar-refractivity contribution is -0.108. The Balaban J connectivity index is 3.27. The van der Waals surface area contributed by atoms with Gasteiger partial charge in [0.1, 0.15) is 17.8 Å². The molecule has 1 aromatic rings. The predicted octanol–water partition coefficient (Wildman–Crippen LogP) is 3.12. The zero-order valence-electron chi connectivity index (χ0n) is 10.6. The van der Waals surface area contributed by atoms with Crippen LogP contribution < -0.4 is 9.47 Å². The Bertz CT molecular complexity index is 390. The van der Waals surface area contributed by atoms with E-state index in [4.69, 9.17) is 9.47 Å². The fourth-order valence-corrected chi connectivity index (χ4v) is 2.52. The van der Waals surface area contributed by atoms with Crippen LogP contribution in [0.2, 0.25) is 0 Å². The number of carbonyl (C=O) groups excluding carboxylic acids is 1. The molecule has 0 aliphatic rings. The van der Waals surface area contributed by atoms with Crippen molar-refractivity contribution in [2.24, 2.45) is 0 Å². The van der Waals surface area contributed by atoms with Crippen LogP contribution in [0.5, 0.6) is 11.5 Å². The summed E-state index contributed by atoms with van der Waals surface area (Å²) in [6.45, 7) is 2.02. The molecule has 17 heavy (non-hydrogen) atoms. The molecular weight excluding hydrogens is 236 g/mol. The molecule has 1 atom stereocenters. The number of thioether (sulfide) groups is 1. The first-order valence-corrected chi connectivity index (χ1v) is 6.64. The molecule has 0 radical (unpaired) electrons. The Morgan fingerprint density at radius 3 is 2.53 bits per heavy atom. The number of hydrogen-bond acceptors (Lipinski definition) is 4. The van der Waals surface area contributed by atoms with Crippen LogP contribution in [0.1, 0.15) is 24.8 Å². The molecule has 0 heterocycles. The summed E-state index contributed by atoms with van der Waals surface area (Å²) in [6, 6.07) is 3.89. The summed E-state index contributed by atoms with van der Waals surface area (Å²) < 4.78 is 10.8. The van der Waals surface area contributed by atoms with E-state index >= 15 is 0 Å². The molecule has 1 unspecified atom stereocenters. The van der Waals surface area contributed by atoms with Crippen molar-refractivity contribution in [2.45, 2.75) is 24.2 Å². The highest BCUT2D eigenvalue weighted by atomic mass is 32.2. The lowest BCUT2D eigenvalue weighted by atomic mass is 9.97. The quantitative estimate of drug-likeness (QED) is 0.577. The van der Waals surface area contributed by atoms with E-state index in [0.29, 0.717) is 6.42 Å². The van der Waals surface area contributed by atoms with Gasteiger partial charge in [-0.2, -0.15) is 0 Å². The molecule has 0 aliphatic heterocycles. The van der Waals surface area contributed by atoms with Gasteiger partial charge in [-0.15, -0.1) is 11.8 Å². The fraction of sp³-hybridized carbons (Fsp3) is 0.462. The van der Waals surface area contributed by atoms with Crippen molar-refractivity contribution >= 4 is 18.0 Å². The second kappa shape index (κ2) is 6.55. The number of methoxy groups -OCH3 is 2. The third kappa shape index (κ3) is 2.94. The molecule has 0 bridgehead atoms. The summed E-state index contributed by atoms with van der Waals surface area (Å²) in [5.41, 5.74) is 1.05.